The van der Waals surface area contributed by atoms with Gasteiger partial charge in [-0.25, -0.2) is 9.37 Å². The van der Waals surface area contributed by atoms with E-state index in [0.29, 0.717) is 5.13 Å². The fraction of sp³-hybridized carbons (Fsp3) is 0.0588. The van der Waals surface area contributed by atoms with Gasteiger partial charge in [-0.05, 0) is 18.6 Å². The van der Waals surface area contributed by atoms with Gasteiger partial charge in [-0.1, -0.05) is 41.7 Å². The molecule has 6 nitrogen and oxygen atoms in total. The first kappa shape index (κ1) is 16.7. The topological polar surface area (TPSA) is 85.1 Å². The van der Waals surface area contributed by atoms with Crippen LogP contribution in [0.2, 0.25) is 0 Å². The molecule has 1 amide bonds. The number of amides is 1. The fourth-order valence-corrected chi connectivity index (χ4v) is 3.24. The highest BCUT2D eigenvalue weighted by Crippen LogP contribution is 2.32. The standard InChI is InChI=1S/C17H12FN3O3S/c1-10-15(11-5-3-2-4-6-11)25-17(19-10)20-16(22)13-8-7-12(21(23)24)9-14(13)18/h2-9H,1H3,(H,19,20,22). The molecule has 0 atom stereocenters. The molecule has 0 saturated carbocycles. The summed E-state index contributed by atoms with van der Waals surface area (Å²) < 4.78 is 13.9. The second-order valence-electron chi connectivity index (χ2n) is 5.17. The molecule has 25 heavy (non-hydrogen) atoms. The molecule has 1 heterocycles. The molecule has 1 N–H and O–H groups in total. The van der Waals surface area contributed by atoms with Gasteiger partial charge in [0.05, 0.1) is 27.1 Å². The Hall–Kier alpha value is -3.13. The Bertz CT molecular complexity index is 957. The van der Waals surface area contributed by atoms with Gasteiger partial charge in [0.15, 0.2) is 5.13 Å². The number of nitrogens with zero attached hydrogens (tertiary/aromatic N) is 2. The van der Waals surface area contributed by atoms with E-state index in [-0.39, 0.29) is 5.56 Å². The highest BCUT2D eigenvalue weighted by Gasteiger charge is 2.18. The van der Waals surface area contributed by atoms with Crippen molar-refractivity contribution >= 4 is 28.1 Å². The molecular formula is C17H12FN3O3S. The monoisotopic (exact) mass is 357 g/mol. The van der Waals surface area contributed by atoms with Crippen molar-refractivity contribution in [3.63, 3.8) is 0 Å². The van der Waals surface area contributed by atoms with Crippen LogP contribution in [-0.4, -0.2) is 15.8 Å². The predicted octanol–water partition coefficient (Wildman–Crippen LogP) is 4.42. The van der Waals surface area contributed by atoms with Crippen LogP contribution in [0.1, 0.15) is 16.1 Å². The zero-order valence-corrected chi connectivity index (χ0v) is 13.8. The molecule has 0 aliphatic heterocycles. The van der Waals surface area contributed by atoms with E-state index in [9.17, 15) is 19.3 Å². The van der Waals surface area contributed by atoms with Crippen molar-refractivity contribution in [2.24, 2.45) is 0 Å². The molecule has 3 aromatic rings. The number of benzene rings is 2. The van der Waals surface area contributed by atoms with Gasteiger partial charge in [-0.15, -0.1) is 0 Å². The summed E-state index contributed by atoms with van der Waals surface area (Å²) in [5.41, 5.74) is 1.03. The van der Waals surface area contributed by atoms with Crippen molar-refractivity contribution in [3.8, 4) is 10.4 Å². The zero-order chi connectivity index (χ0) is 18.0. The van der Waals surface area contributed by atoms with Crippen LogP contribution in [-0.2, 0) is 0 Å². The van der Waals surface area contributed by atoms with Crippen LogP contribution in [0.15, 0.2) is 48.5 Å². The number of halogens is 1. The first-order chi connectivity index (χ1) is 12.0. The number of thiazole rings is 1. The summed E-state index contributed by atoms with van der Waals surface area (Å²) in [5, 5.41) is 13.5. The third kappa shape index (κ3) is 3.53. The first-order valence-corrected chi connectivity index (χ1v) is 8.05. The number of nitrogens with one attached hydrogen (secondary N) is 1. The summed E-state index contributed by atoms with van der Waals surface area (Å²) in [4.78, 5) is 27.3. The molecule has 0 saturated heterocycles. The van der Waals surface area contributed by atoms with Crippen molar-refractivity contribution < 1.29 is 14.1 Å². The number of nitro groups is 1. The number of non-ortho nitro benzene ring substituents is 1. The number of carbonyl (C=O) groups is 1. The number of carbonyl (C=O) groups excluding carboxylic acids is 1. The number of aromatic nitrogens is 1. The molecule has 0 bridgehead atoms. The van der Waals surface area contributed by atoms with Crippen molar-refractivity contribution in [2.45, 2.75) is 6.92 Å². The van der Waals surface area contributed by atoms with E-state index in [1.165, 1.54) is 11.3 Å². The summed E-state index contributed by atoms with van der Waals surface area (Å²) in [6.45, 7) is 1.82. The van der Waals surface area contributed by atoms with Crippen LogP contribution in [0.5, 0.6) is 0 Å². The molecule has 126 valence electrons. The second-order valence-corrected chi connectivity index (χ2v) is 6.17. The van der Waals surface area contributed by atoms with Crippen molar-refractivity contribution in [1.29, 1.82) is 0 Å². The van der Waals surface area contributed by atoms with Gasteiger partial charge in [-0.2, -0.15) is 0 Å². The summed E-state index contributed by atoms with van der Waals surface area (Å²) in [7, 11) is 0. The van der Waals surface area contributed by atoms with Gasteiger partial charge in [0.2, 0.25) is 0 Å². The van der Waals surface area contributed by atoms with Crippen LogP contribution < -0.4 is 5.32 Å². The average molecular weight is 357 g/mol. The normalized spacial score (nSPS) is 10.5. The van der Waals surface area contributed by atoms with Crippen LogP contribution >= 0.6 is 11.3 Å². The zero-order valence-electron chi connectivity index (χ0n) is 13.0. The van der Waals surface area contributed by atoms with Gasteiger partial charge in [0.1, 0.15) is 5.82 Å². The summed E-state index contributed by atoms with van der Waals surface area (Å²) in [6, 6.07) is 12.5. The lowest BCUT2D eigenvalue weighted by Crippen LogP contribution is -2.13. The maximum absolute atomic E-state index is 13.9. The Morgan fingerprint density at radius 1 is 1.24 bits per heavy atom. The minimum atomic E-state index is -0.955. The minimum Gasteiger partial charge on any atom is -0.298 e. The van der Waals surface area contributed by atoms with E-state index >= 15 is 0 Å². The maximum atomic E-state index is 13.9. The van der Waals surface area contributed by atoms with E-state index in [4.69, 9.17) is 0 Å². The smallest absolute Gasteiger partial charge is 0.272 e. The lowest BCUT2D eigenvalue weighted by Gasteiger charge is -2.03. The van der Waals surface area contributed by atoms with E-state index < -0.39 is 22.3 Å². The molecule has 1 aromatic heterocycles. The number of aryl methyl sites for hydroxylation is 1. The number of rotatable bonds is 4. The highest BCUT2D eigenvalue weighted by atomic mass is 32.1. The van der Waals surface area contributed by atoms with Gasteiger partial charge in [0.25, 0.3) is 11.6 Å². The van der Waals surface area contributed by atoms with Gasteiger partial charge in [-0.3, -0.25) is 20.2 Å². The Labute approximate surface area is 146 Å². The quantitative estimate of drug-likeness (QED) is 0.553. The molecule has 3 rings (SSSR count). The molecule has 0 aliphatic carbocycles. The SMILES string of the molecule is Cc1nc(NC(=O)c2ccc([N+](=O)[O-])cc2F)sc1-c1ccccc1. The van der Waals surface area contributed by atoms with Crippen LogP contribution in [0.4, 0.5) is 15.2 Å². The molecule has 8 heteroatoms. The maximum Gasteiger partial charge on any atom is 0.272 e. The first-order valence-electron chi connectivity index (χ1n) is 7.24. The number of hydrogen-bond acceptors (Lipinski definition) is 5. The predicted molar refractivity (Wildman–Crippen MR) is 93.3 cm³/mol. The molecule has 0 radical (unpaired) electrons. The second kappa shape index (κ2) is 6.78. The van der Waals surface area contributed by atoms with E-state index in [2.05, 4.69) is 10.3 Å². The molecule has 0 unspecified atom stereocenters. The third-order valence-electron chi connectivity index (χ3n) is 3.46. The Morgan fingerprint density at radius 3 is 2.60 bits per heavy atom. The molecular weight excluding hydrogens is 345 g/mol. The van der Waals surface area contributed by atoms with Crippen molar-refractivity contribution in [1.82, 2.24) is 4.98 Å². The largest absolute Gasteiger partial charge is 0.298 e. The summed E-state index contributed by atoms with van der Waals surface area (Å²) >= 11 is 1.28. The van der Waals surface area contributed by atoms with Crippen molar-refractivity contribution in [3.05, 3.63) is 75.7 Å². The number of nitro benzene ring substituents is 1. The van der Waals surface area contributed by atoms with Gasteiger partial charge >= 0.3 is 0 Å². The Kier molecular flexibility index (Phi) is 4.53. The lowest BCUT2D eigenvalue weighted by molar-refractivity contribution is -0.385. The molecule has 2 aromatic carbocycles. The van der Waals surface area contributed by atoms with Gasteiger partial charge in [0, 0.05) is 6.07 Å². The summed E-state index contributed by atoms with van der Waals surface area (Å²) in [5.74, 6) is -1.66. The van der Waals surface area contributed by atoms with Crippen molar-refractivity contribution in [2.75, 3.05) is 5.32 Å². The van der Waals surface area contributed by atoms with E-state index in [1.54, 1.807) is 0 Å². The molecule has 0 aliphatic rings. The van der Waals surface area contributed by atoms with Gasteiger partial charge < -0.3 is 0 Å². The van der Waals surface area contributed by atoms with Crippen LogP contribution in [0.3, 0.4) is 0 Å². The Balaban J connectivity index is 1.84. The van der Waals surface area contributed by atoms with Crippen LogP contribution in [0, 0.1) is 22.9 Å². The highest BCUT2D eigenvalue weighted by molar-refractivity contribution is 7.19. The van der Waals surface area contributed by atoms with E-state index in [0.717, 1.165) is 34.3 Å². The van der Waals surface area contributed by atoms with E-state index in [1.807, 2.05) is 37.3 Å². The minimum absolute atomic E-state index is 0.278. The fourth-order valence-electron chi connectivity index (χ4n) is 2.27. The number of anilines is 1. The Morgan fingerprint density at radius 2 is 1.96 bits per heavy atom. The lowest BCUT2D eigenvalue weighted by atomic mass is 10.2. The molecule has 0 spiro atoms. The van der Waals surface area contributed by atoms with Crippen LogP contribution in [0.25, 0.3) is 10.4 Å². The average Bonchev–Trinajstić information content (AvgIpc) is 2.95. The summed E-state index contributed by atoms with van der Waals surface area (Å²) in [6.07, 6.45) is 0. The number of hydrogen-bond donors (Lipinski definition) is 1. The molecule has 0 fully saturated rings. The third-order valence-corrected chi connectivity index (χ3v) is 4.58.